The fourth-order valence-corrected chi connectivity index (χ4v) is 2.56. The predicted octanol–water partition coefficient (Wildman–Crippen LogP) is 3.08. The number of fused-ring (bicyclic) bond motifs is 1. The molecular formula is C14H11ClO4. The minimum Gasteiger partial charge on any atom is -0.469 e. The summed E-state index contributed by atoms with van der Waals surface area (Å²) < 4.78 is 9.86. The van der Waals surface area contributed by atoms with Crippen molar-refractivity contribution in [1.82, 2.24) is 0 Å². The molecule has 1 aliphatic rings. The smallest absolute Gasteiger partial charge is 0.309 e. The molecule has 0 spiro atoms. The van der Waals surface area contributed by atoms with Crippen molar-refractivity contribution in [2.75, 3.05) is 7.11 Å². The van der Waals surface area contributed by atoms with Gasteiger partial charge in [-0.15, -0.1) is 0 Å². The molecular weight excluding hydrogens is 268 g/mol. The van der Waals surface area contributed by atoms with Crippen LogP contribution in [-0.4, -0.2) is 18.9 Å². The lowest BCUT2D eigenvalue weighted by atomic mass is 10.0. The standard InChI is InChI=1S/C14H11ClO4/c1-18-14(17)10-6-9(10)12(16)8-4-7-2-3-19-13(7)11(15)5-8/h2-5,9-10H,6H2,1H3. The van der Waals surface area contributed by atoms with Crippen LogP contribution in [-0.2, 0) is 9.53 Å². The Morgan fingerprint density at radius 1 is 1.37 bits per heavy atom. The van der Waals surface area contributed by atoms with E-state index in [4.69, 9.17) is 16.0 Å². The maximum absolute atomic E-state index is 12.3. The Hall–Kier alpha value is -1.81. The number of ketones is 1. The maximum Gasteiger partial charge on any atom is 0.309 e. The Balaban J connectivity index is 1.89. The molecule has 0 aliphatic heterocycles. The SMILES string of the molecule is COC(=O)C1CC1C(=O)c1cc(Cl)c2occc2c1. The minimum absolute atomic E-state index is 0.0691. The van der Waals surface area contributed by atoms with E-state index in [1.54, 1.807) is 18.2 Å². The number of carbonyl (C=O) groups is 2. The normalized spacial score (nSPS) is 21.4. The summed E-state index contributed by atoms with van der Waals surface area (Å²) in [6.07, 6.45) is 2.08. The molecule has 4 nitrogen and oxygen atoms in total. The second kappa shape index (κ2) is 4.38. The summed E-state index contributed by atoms with van der Waals surface area (Å²) in [4.78, 5) is 23.6. The third-order valence-corrected chi connectivity index (χ3v) is 3.70. The molecule has 1 aromatic carbocycles. The van der Waals surface area contributed by atoms with Gasteiger partial charge in [0, 0.05) is 16.9 Å². The molecule has 1 aromatic heterocycles. The Morgan fingerprint density at radius 2 is 2.16 bits per heavy atom. The summed E-state index contributed by atoms with van der Waals surface area (Å²) in [5.74, 6) is -0.988. The second-order valence-corrected chi connectivity index (χ2v) is 5.04. The number of halogens is 1. The number of hydrogen-bond donors (Lipinski definition) is 0. The topological polar surface area (TPSA) is 56.5 Å². The number of methoxy groups -OCH3 is 1. The average molecular weight is 279 g/mol. The lowest BCUT2D eigenvalue weighted by molar-refractivity contribution is -0.142. The molecule has 1 heterocycles. The summed E-state index contributed by atoms with van der Waals surface area (Å²) in [5.41, 5.74) is 1.08. The van der Waals surface area contributed by atoms with Gasteiger partial charge in [0.25, 0.3) is 0 Å². The number of rotatable bonds is 3. The van der Waals surface area contributed by atoms with Crippen molar-refractivity contribution in [1.29, 1.82) is 0 Å². The first-order valence-corrected chi connectivity index (χ1v) is 6.28. The second-order valence-electron chi connectivity index (χ2n) is 4.63. The highest BCUT2D eigenvalue weighted by Gasteiger charge is 2.49. The van der Waals surface area contributed by atoms with Crippen molar-refractivity contribution < 1.29 is 18.7 Å². The average Bonchev–Trinajstić information content (AvgIpc) is 3.06. The zero-order valence-electron chi connectivity index (χ0n) is 10.2. The van der Waals surface area contributed by atoms with E-state index < -0.39 is 0 Å². The van der Waals surface area contributed by atoms with Crippen LogP contribution in [0.1, 0.15) is 16.8 Å². The first-order valence-electron chi connectivity index (χ1n) is 5.90. The molecule has 1 aliphatic carbocycles. The van der Waals surface area contributed by atoms with Crippen molar-refractivity contribution in [3.05, 3.63) is 35.0 Å². The van der Waals surface area contributed by atoms with Crippen molar-refractivity contribution in [3.8, 4) is 0 Å². The van der Waals surface area contributed by atoms with E-state index in [0.29, 0.717) is 22.6 Å². The zero-order chi connectivity index (χ0) is 13.6. The largest absolute Gasteiger partial charge is 0.469 e. The Morgan fingerprint density at radius 3 is 2.89 bits per heavy atom. The van der Waals surface area contributed by atoms with E-state index in [2.05, 4.69) is 4.74 Å². The number of esters is 1. The van der Waals surface area contributed by atoms with Crippen molar-refractivity contribution >= 4 is 34.3 Å². The van der Waals surface area contributed by atoms with Crippen LogP contribution in [0.5, 0.6) is 0 Å². The highest BCUT2D eigenvalue weighted by atomic mass is 35.5. The molecule has 2 atom stereocenters. The molecule has 3 rings (SSSR count). The quantitative estimate of drug-likeness (QED) is 0.639. The molecule has 19 heavy (non-hydrogen) atoms. The van der Waals surface area contributed by atoms with Gasteiger partial charge in [-0.1, -0.05) is 11.6 Å². The van der Waals surface area contributed by atoms with Gasteiger partial charge < -0.3 is 9.15 Å². The highest BCUT2D eigenvalue weighted by Crippen LogP contribution is 2.42. The van der Waals surface area contributed by atoms with Crippen LogP contribution in [0.2, 0.25) is 5.02 Å². The predicted molar refractivity (Wildman–Crippen MR) is 69.2 cm³/mol. The van der Waals surface area contributed by atoms with Crippen molar-refractivity contribution in [3.63, 3.8) is 0 Å². The van der Waals surface area contributed by atoms with Crippen LogP contribution in [0.15, 0.2) is 28.9 Å². The number of hydrogen-bond acceptors (Lipinski definition) is 4. The number of furan rings is 1. The van der Waals surface area contributed by atoms with E-state index in [0.717, 1.165) is 5.39 Å². The Labute approximate surface area is 114 Å². The molecule has 5 heteroatoms. The molecule has 0 bridgehead atoms. The van der Waals surface area contributed by atoms with Gasteiger partial charge in [-0.3, -0.25) is 9.59 Å². The molecule has 2 aromatic rings. The summed E-state index contributed by atoms with van der Waals surface area (Å²) in [6.45, 7) is 0. The first-order chi connectivity index (χ1) is 9.11. The van der Waals surface area contributed by atoms with Crippen molar-refractivity contribution in [2.24, 2.45) is 11.8 Å². The monoisotopic (exact) mass is 278 g/mol. The van der Waals surface area contributed by atoms with Gasteiger partial charge in [-0.25, -0.2) is 0 Å². The molecule has 98 valence electrons. The molecule has 0 N–H and O–H groups in total. The molecule has 1 saturated carbocycles. The van der Waals surface area contributed by atoms with Gasteiger partial charge in [0.05, 0.1) is 24.3 Å². The number of Topliss-reactive ketones (excluding diaryl/α,β-unsaturated/α-hetero) is 1. The van der Waals surface area contributed by atoms with E-state index in [1.165, 1.54) is 13.4 Å². The van der Waals surface area contributed by atoms with Crippen molar-refractivity contribution in [2.45, 2.75) is 6.42 Å². The Bertz CT molecular complexity index is 673. The molecule has 0 saturated heterocycles. The van der Waals surface area contributed by atoms with Gasteiger partial charge >= 0.3 is 5.97 Å². The van der Waals surface area contributed by atoms with E-state index in [1.807, 2.05) is 0 Å². The minimum atomic E-state index is -0.325. The van der Waals surface area contributed by atoms with E-state index >= 15 is 0 Å². The van der Waals surface area contributed by atoms with Crippen LogP contribution in [0.4, 0.5) is 0 Å². The van der Waals surface area contributed by atoms with Gasteiger partial charge in [0.1, 0.15) is 0 Å². The summed E-state index contributed by atoms with van der Waals surface area (Å²) >= 11 is 6.06. The summed E-state index contributed by atoms with van der Waals surface area (Å²) in [5, 5.41) is 1.19. The number of ether oxygens (including phenoxy) is 1. The fraction of sp³-hybridized carbons (Fsp3) is 0.286. The zero-order valence-corrected chi connectivity index (χ0v) is 10.9. The lowest BCUT2D eigenvalue weighted by Gasteiger charge is -2.02. The fourth-order valence-electron chi connectivity index (χ4n) is 2.29. The van der Waals surface area contributed by atoms with Gasteiger partial charge in [-0.2, -0.15) is 0 Å². The molecule has 1 fully saturated rings. The van der Waals surface area contributed by atoms with Gasteiger partial charge in [0.15, 0.2) is 11.4 Å². The van der Waals surface area contributed by atoms with Crippen LogP contribution in [0, 0.1) is 11.8 Å². The third kappa shape index (κ3) is 2.02. The highest BCUT2D eigenvalue weighted by molar-refractivity contribution is 6.35. The summed E-state index contributed by atoms with van der Waals surface area (Å²) in [7, 11) is 1.33. The Kier molecular flexibility index (Phi) is 2.82. The van der Waals surface area contributed by atoms with Crippen LogP contribution < -0.4 is 0 Å². The molecule has 0 amide bonds. The number of benzene rings is 1. The van der Waals surface area contributed by atoms with Gasteiger partial charge in [-0.05, 0) is 24.6 Å². The number of carbonyl (C=O) groups excluding carboxylic acids is 2. The van der Waals surface area contributed by atoms with Crippen LogP contribution >= 0.6 is 11.6 Å². The summed E-state index contributed by atoms with van der Waals surface area (Å²) in [6, 6.07) is 5.07. The lowest BCUT2D eigenvalue weighted by Crippen LogP contribution is -2.10. The maximum atomic E-state index is 12.3. The third-order valence-electron chi connectivity index (χ3n) is 3.42. The molecule has 0 radical (unpaired) electrons. The molecule has 2 unspecified atom stereocenters. The van der Waals surface area contributed by atoms with E-state index in [9.17, 15) is 9.59 Å². The van der Waals surface area contributed by atoms with Crippen LogP contribution in [0.25, 0.3) is 11.0 Å². The van der Waals surface area contributed by atoms with E-state index in [-0.39, 0.29) is 23.6 Å². The van der Waals surface area contributed by atoms with Crippen LogP contribution in [0.3, 0.4) is 0 Å². The van der Waals surface area contributed by atoms with Gasteiger partial charge in [0.2, 0.25) is 0 Å². The first kappa shape index (κ1) is 12.2.